The minimum Gasteiger partial charge on any atom is -0.310 e. The fourth-order valence-corrected chi connectivity index (χ4v) is 2.71. The van der Waals surface area contributed by atoms with E-state index >= 15 is 0 Å². The van der Waals surface area contributed by atoms with Crippen LogP contribution in [0.1, 0.15) is 49.8 Å². The molecule has 0 aromatic heterocycles. The summed E-state index contributed by atoms with van der Waals surface area (Å²) in [5.41, 5.74) is 2.83. The minimum atomic E-state index is 0.487. The zero-order valence-corrected chi connectivity index (χ0v) is 13.1. The molecule has 0 amide bonds. The highest BCUT2D eigenvalue weighted by atomic mass is 14.9. The third-order valence-corrected chi connectivity index (χ3v) is 3.95. The molecule has 0 heterocycles. The average Bonchev–Trinajstić information content (AvgIpc) is 2.55. The van der Waals surface area contributed by atoms with Gasteiger partial charge in [-0.1, -0.05) is 86.8 Å². The maximum atomic E-state index is 3.74. The van der Waals surface area contributed by atoms with E-state index in [0.717, 1.165) is 13.0 Å². The Balaban J connectivity index is 1.86. The third kappa shape index (κ3) is 5.73. The molecule has 1 nitrogen and oxygen atoms in total. The van der Waals surface area contributed by atoms with Gasteiger partial charge in [0.15, 0.2) is 0 Å². The van der Waals surface area contributed by atoms with Crippen molar-refractivity contribution in [3.05, 3.63) is 71.8 Å². The molecule has 1 atom stereocenters. The number of hydrogen-bond donors (Lipinski definition) is 1. The molecule has 0 aliphatic heterocycles. The maximum Gasteiger partial charge on any atom is 0.0320 e. The summed E-state index contributed by atoms with van der Waals surface area (Å²) in [7, 11) is 0. The summed E-state index contributed by atoms with van der Waals surface area (Å²) in [4.78, 5) is 0. The second-order valence-corrected chi connectivity index (χ2v) is 5.65. The van der Waals surface area contributed by atoms with Gasteiger partial charge in [0.25, 0.3) is 0 Å². The molecule has 0 saturated heterocycles. The van der Waals surface area contributed by atoms with Crippen LogP contribution in [-0.4, -0.2) is 6.54 Å². The van der Waals surface area contributed by atoms with E-state index in [-0.39, 0.29) is 0 Å². The summed E-state index contributed by atoms with van der Waals surface area (Å²) in [6.07, 6.45) is 6.23. The van der Waals surface area contributed by atoms with Crippen LogP contribution in [0.15, 0.2) is 60.7 Å². The molecule has 0 spiro atoms. The van der Waals surface area contributed by atoms with Crippen LogP contribution in [0.2, 0.25) is 0 Å². The first kappa shape index (κ1) is 15.8. The molecule has 0 radical (unpaired) electrons. The Kier molecular flexibility index (Phi) is 7.03. The van der Waals surface area contributed by atoms with E-state index in [2.05, 4.69) is 72.9 Å². The Hall–Kier alpha value is -1.60. The van der Waals surface area contributed by atoms with Crippen molar-refractivity contribution < 1.29 is 0 Å². The van der Waals surface area contributed by atoms with E-state index in [4.69, 9.17) is 0 Å². The smallest absolute Gasteiger partial charge is 0.0320 e. The topological polar surface area (TPSA) is 12.0 Å². The maximum absolute atomic E-state index is 3.74. The molecular weight excluding hydrogens is 254 g/mol. The van der Waals surface area contributed by atoms with Gasteiger partial charge in [-0.3, -0.25) is 0 Å². The molecule has 112 valence electrons. The van der Waals surface area contributed by atoms with E-state index in [1.165, 1.54) is 36.8 Å². The Morgan fingerprint density at radius 1 is 0.857 bits per heavy atom. The van der Waals surface area contributed by atoms with Gasteiger partial charge in [-0.15, -0.1) is 0 Å². The molecule has 21 heavy (non-hydrogen) atoms. The largest absolute Gasteiger partial charge is 0.310 e. The first-order chi connectivity index (χ1) is 10.4. The van der Waals surface area contributed by atoms with Crippen LogP contribution in [0.5, 0.6) is 0 Å². The van der Waals surface area contributed by atoms with E-state index in [1.54, 1.807) is 0 Å². The first-order valence-electron chi connectivity index (χ1n) is 8.22. The van der Waals surface area contributed by atoms with Crippen LogP contribution in [0, 0.1) is 0 Å². The molecule has 0 aliphatic rings. The van der Waals surface area contributed by atoms with Gasteiger partial charge in [0.1, 0.15) is 0 Å². The van der Waals surface area contributed by atoms with E-state index < -0.39 is 0 Å². The number of benzene rings is 2. The summed E-state index contributed by atoms with van der Waals surface area (Å²) < 4.78 is 0. The van der Waals surface area contributed by atoms with Gasteiger partial charge in [0.05, 0.1) is 0 Å². The number of nitrogens with one attached hydrogen (secondary N) is 1. The van der Waals surface area contributed by atoms with Crippen molar-refractivity contribution in [2.45, 2.75) is 45.1 Å². The van der Waals surface area contributed by atoms with E-state index in [9.17, 15) is 0 Å². The van der Waals surface area contributed by atoms with Crippen molar-refractivity contribution in [3.8, 4) is 0 Å². The molecule has 0 aliphatic carbocycles. The molecule has 0 bridgehead atoms. The lowest BCUT2D eigenvalue weighted by Gasteiger charge is -2.19. The molecule has 1 unspecified atom stereocenters. The lowest BCUT2D eigenvalue weighted by Crippen LogP contribution is -2.23. The van der Waals surface area contributed by atoms with Crippen molar-refractivity contribution in [3.63, 3.8) is 0 Å². The number of rotatable bonds is 9. The summed E-state index contributed by atoms with van der Waals surface area (Å²) >= 11 is 0. The Bertz CT molecular complexity index is 478. The highest BCUT2D eigenvalue weighted by molar-refractivity contribution is 5.19. The van der Waals surface area contributed by atoms with Crippen LogP contribution >= 0.6 is 0 Å². The quantitative estimate of drug-likeness (QED) is 0.627. The molecule has 1 heteroatoms. The van der Waals surface area contributed by atoms with Gasteiger partial charge in [-0.25, -0.2) is 0 Å². The predicted molar refractivity (Wildman–Crippen MR) is 91.5 cm³/mol. The first-order valence-corrected chi connectivity index (χ1v) is 8.22. The lowest BCUT2D eigenvalue weighted by molar-refractivity contribution is 0.477. The van der Waals surface area contributed by atoms with Crippen molar-refractivity contribution in [1.82, 2.24) is 5.32 Å². The number of hydrogen-bond acceptors (Lipinski definition) is 1. The minimum absolute atomic E-state index is 0.487. The second kappa shape index (κ2) is 9.36. The van der Waals surface area contributed by atoms with Gasteiger partial charge >= 0.3 is 0 Å². The summed E-state index contributed by atoms with van der Waals surface area (Å²) in [6.45, 7) is 3.30. The van der Waals surface area contributed by atoms with E-state index in [1.807, 2.05) is 0 Å². The SMILES string of the molecule is CCCCCC(NCCc1ccccc1)c1ccccc1. The molecule has 0 saturated carbocycles. The molecule has 2 aromatic carbocycles. The highest BCUT2D eigenvalue weighted by Crippen LogP contribution is 2.19. The van der Waals surface area contributed by atoms with Crippen molar-refractivity contribution in [2.75, 3.05) is 6.54 Å². The molecular formula is C20H27N. The number of unbranched alkanes of at least 4 members (excludes halogenated alkanes) is 2. The van der Waals surface area contributed by atoms with Crippen LogP contribution < -0.4 is 5.32 Å². The van der Waals surface area contributed by atoms with Gasteiger partial charge in [-0.2, -0.15) is 0 Å². The van der Waals surface area contributed by atoms with Crippen LogP contribution in [0.3, 0.4) is 0 Å². The fraction of sp³-hybridized carbons (Fsp3) is 0.400. The summed E-state index contributed by atoms with van der Waals surface area (Å²) in [5, 5.41) is 3.74. The highest BCUT2D eigenvalue weighted by Gasteiger charge is 2.09. The predicted octanol–water partition coefficient (Wildman–Crippen LogP) is 5.14. The van der Waals surface area contributed by atoms with Crippen molar-refractivity contribution in [2.24, 2.45) is 0 Å². The molecule has 1 N–H and O–H groups in total. The van der Waals surface area contributed by atoms with Crippen molar-refractivity contribution in [1.29, 1.82) is 0 Å². The Morgan fingerprint density at radius 2 is 1.52 bits per heavy atom. The Labute approximate surface area is 129 Å². The van der Waals surface area contributed by atoms with Gasteiger partial charge < -0.3 is 5.32 Å². The standard InChI is InChI=1S/C20H27N/c1-2-3-6-15-20(19-13-9-5-10-14-19)21-17-16-18-11-7-4-8-12-18/h4-5,7-14,20-21H,2-3,6,15-17H2,1H3. The van der Waals surface area contributed by atoms with Crippen molar-refractivity contribution >= 4 is 0 Å². The lowest BCUT2D eigenvalue weighted by atomic mass is 10.00. The van der Waals surface area contributed by atoms with Gasteiger partial charge in [0.2, 0.25) is 0 Å². The van der Waals surface area contributed by atoms with Crippen LogP contribution in [0.4, 0.5) is 0 Å². The summed E-state index contributed by atoms with van der Waals surface area (Å²) in [6, 6.07) is 22.1. The van der Waals surface area contributed by atoms with E-state index in [0.29, 0.717) is 6.04 Å². The zero-order chi connectivity index (χ0) is 14.8. The fourth-order valence-electron chi connectivity index (χ4n) is 2.71. The molecule has 2 aromatic rings. The molecule has 2 rings (SSSR count). The van der Waals surface area contributed by atoms with Crippen LogP contribution in [0.25, 0.3) is 0 Å². The average molecular weight is 281 g/mol. The van der Waals surface area contributed by atoms with Crippen LogP contribution in [-0.2, 0) is 6.42 Å². The second-order valence-electron chi connectivity index (χ2n) is 5.65. The Morgan fingerprint density at radius 3 is 2.19 bits per heavy atom. The third-order valence-electron chi connectivity index (χ3n) is 3.95. The normalized spacial score (nSPS) is 12.2. The zero-order valence-electron chi connectivity index (χ0n) is 13.1. The monoisotopic (exact) mass is 281 g/mol. The molecule has 0 fully saturated rings. The van der Waals surface area contributed by atoms with Gasteiger partial charge in [-0.05, 0) is 30.5 Å². The summed E-state index contributed by atoms with van der Waals surface area (Å²) in [5.74, 6) is 0. The van der Waals surface area contributed by atoms with Gasteiger partial charge in [0, 0.05) is 6.04 Å².